The summed E-state index contributed by atoms with van der Waals surface area (Å²) in [6.45, 7) is 4.08. The molecule has 0 bridgehead atoms. The molecule has 0 amide bonds. The van der Waals surface area contributed by atoms with Gasteiger partial charge in [0, 0.05) is 26.0 Å². The van der Waals surface area contributed by atoms with Crippen LogP contribution in [0.5, 0.6) is 0 Å². The van der Waals surface area contributed by atoms with Crippen LogP contribution in [0.25, 0.3) is 0 Å². The van der Waals surface area contributed by atoms with Gasteiger partial charge in [0.25, 0.3) is 0 Å². The maximum Gasteiger partial charge on any atom is 0.122 e. The maximum absolute atomic E-state index is 10.2. The molecule has 2 rings (SSSR count). The second-order valence-corrected chi connectivity index (χ2v) is 6.45. The molecule has 0 aliphatic heterocycles. The molecule has 1 heterocycles. The Morgan fingerprint density at radius 1 is 1.45 bits per heavy atom. The van der Waals surface area contributed by atoms with Gasteiger partial charge >= 0.3 is 0 Å². The monoisotopic (exact) mass is 279 g/mol. The Morgan fingerprint density at radius 2 is 2.25 bits per heavy atom. The molecule has 0 saturated heterocycles. The van der Waals surface area contributed by atoms with E-state index >= 15 is 0 Å². The predicted octanol–water partition coefficient (Wildman–Crippen LogP) is 2.43. The Bertz CT molecular complexity index is 404. The highest BCUT2D eigenvalue weighted by molar-refractivity contribution is 4.91. The number of aliphatic hydroxyl groups excluding tert-OH is 1. The summed E-state index contributed by atoms with van der Waals surface area (Å²) < 4.78 is 2.06. The first kappa shape index (κ1) is 15.5. The lowest BCUT2D eigenvalue weighted by atomic mass is 9.77. The lowest BCUT2D eigenvalue weighted by Crippen LogP contribution is -2.37. The van der Waals surface area contributed by atoms with Gasteiger partial charge in [0.2, 0.25) is 0 Å². The summed E-state index contributed by atoms with van der Waals surface area (Å²) in [5.41, 5.74) is 0. The van der Waals surface area contributed by atoms with Crippen LogP contribution in [-0.2, 0) is 13.6 Å². The van der Waals surface area contributed by atoms with Crippen molar-refractivity contribution in [3.05, 3.63) is 18.2 Å². The van der Waals surface area contributed by atoms with Gasteiger partial charge in [-0.05, 0) is 38.1 Å². The van der Waals surface area contributed by atoms with Crippen LogP contribution in [0.2, 0.25) is 0 Å². The molecule has 0 radical (unpaired) electrons. The molecule has 1 aliphatic carbocycles. The number of hydrogen-bond donors (Lipinski definition) is 1. The van der Waals surface area contributed by atoms with Gasteiger partial charge in [-0.25, -0.2) is 4.98 Å². The Morgan fingerprint density at radius 3 is 2.90 bits per heavy atom. The molecule has 3 atom stereocenters. The molecule has 0 spiro atoms. The average Bonchev–Trinajstić information content (AvgIpc) is 2.79. The van der Waals surface area contributed by atoms with Crippen molar-refractivity contribution in [1.82, 2.24) is 14.5 Å². The van der Waals surface area contributed by atoms with E-state index in [1.807, 2.05) is 19.4 Å². The molecule has 114 valence electrons. The largest absolute Gasteiger partial charge is 0.393 e. The molecule has 0 aromatic carbocycles. The Kier molecular flexibility index (Phi) is 5.61. The van der Waals surface area contributed by atoms with Crippen LogP contribution in [0.15, 0.2) is 12.4 Å². The standard InChI is InChI=1S/C16H29N3O/c1-4-5-13-6-7-15(20)14(10-13)11-18(2)12-16-17-8-9-19(16)3/h8-9,13-15,20H,4-7,10-12H2,1-3H3. The molecule has 3 unspecified atom stereocenters. The quantitative estimate of drug-likeness (QED) is 0.869. The Hall–Kier alpha value is -0.870. The van der Waals surface area contributed by atoms with Crippen LogP contribution < -0.4 is 0 Å². The second-order valence-electron chi connectivity index (χ2n) is 6.45. The van der Waals surface area contributed by atoms with E-state index in [2.05, 4.69) is 28.4 Å². The van der Waals surface area contributed by atoms with E-state index in [9.17, 15) is 5.11 Å². The molecule has 1 N–H and O–H groups in total. The zero-order valence-corrected chi connectivity index (χ0v) is 13.1. The van der Waals surface area contributed by atoms with Gasteiger partial charge in [0.05, 0.1) is 12.6 Å². The fourth-order valence-electron chi connectivity index (χ4n) is 3.47. The van der Waals surface area contributed by atoms with Crippen LogP contribution in [-0.4, -0.2) is 39.3 Å². The number of aliphatic hydroxyl groups is 1. The van der Waals surface area contributed by atoms with E-state index in [4.69, 9.17) is 0 Å². The Balaban J connectivity index is 1.85. The zero-order valence-electron chi connectivity index (χ0n) is 13.1. The average molecular weight is 279 g/mol. The first-order valence-corrected chi connectivity index (χ1v) is 7.93. The number of nitrogens with zero attached hydrogens (tertiary/aromatic N) is 3. The van der Waals surface area contributed by atoms with Crippen molar-refractivity contribution in [2.24, 2.45) is 18.9 Å². The highest BCUT2D eigenvalue weighted by Crippen LogP contribution is 2.32. The number of rotatable bonds is 6. The van der Waals surface area contributed by atoms with Crippen molar-refractivity contribution in [1.29, 1.82) is 0 Å². The number of aromatic nitrogens is 2. The third-order valence-corrected chi connectivity index (χ3v) is 4.63. The molecule has 1 aliphatic rings. The smallest absolute Gasteiger partial charge is 0.122 e. The van der Waals surface area contributed by atoms with E-state index < -0.39 is 0 Å². The van der Waals surface area contributed by atoms with Crippen LogP contribution in [0.3, 0.4) is 0 Å². The van der Waals surface area contributed by atoms with Gasteiger partial charge in [-0.3, -0.25) is 4.90 Å². The highest BCUT2D eigenvalue weighted by Gasteiger charge is 2.29. The predicted molar refractivity (Wildman–Crippen MR) is 81.3 cm³/mol. The normalized spacial score (nSPS) is 27.1. The van der Waals surface area contributed by atoms with Gasteiger partial charge < -0.3 is 9.67 Å². The molecule has 1 aromatic rings. The minimum absolute atomic E-state index is 0.119. The molecule has 1 fully saturated rings. The minimum atomic E-state index is -0.119. The van der Waals surface area contributed by atoms with E-state index in [-0.39, 0.29) is 6.10 Å². The van der Waals surface area contributed by atoms with Gasteiger partial charge in [-0.2, -0.15) is 0 Å². The van der Waals surface area contributed by atoms with Gasteiger partial charge in [-0.15, -0.1) is 0 Å². The van der Waals surface area contributed by atoms with Crippen LogP contribution in [0, 0.1) is 11.8 Å². The number of hydrogen-bond acceptors (Lipinski definition) is 3. The van der Waals surface area contributed by atoms with Crippen molar-refractivity contribution in [3.8, 4) is 0 Å². The summed E-state index contributed by atoms with van der Waals surface area (Å²) in [5.74, 6) is 2.32. The fourth-order valence-corrected chi connectivity index (χ4v) is 3.47. The summed E-state index contributed by atoms with van der Waals surface area (Å²) in [6, 6.07) is 0. The highest BCUT2D eigenvalue weighted by atomic mass is 16.3. The van der Waals surface area contributed by atoms with E-state index in [1.54, 1.807) is 0 Å². The summed E-state index contributed by atoms with van der Waals surface area (Å²) in [6.07, 6.45) is 9.64. The lowest BCUT2D eigenvalue weighted by Gasteiger charge is -2.35. The Labute approximate surface area is 122 Å². The molecule has 20 heavy (non-hydrogen) atoms. The van der Waals surface area contributed by atoms with Gasteiger partial charge in [-0.1, -0.05) is 19.8 Å². The van der Waals surface area contributed by atoms with Crippen LogP contribution in [0.1, 0.15) is 44.9 Å². The molecule has 1 saturated carbocycles. The maximum atomic E-state index is 10.2. The minimum Gasteiger partial charge on any atom is -0.393 e. The van der Waals surface area contributed by atoms with Crippen molar-refractivity contribution in [2.75, 3.05) is 13.6 Å². The molecular formula is C16H29N3O. The SMILES string of the molecule is CCCC1CCC(O)C(CN(C)Cc2nccn2C)C1. The van der Waals surface area contributed by atoms with Crippen LogP contribution in [0.4, 0.5) is 0 Å². The lowest BCUT2D eigenvalue weighted by molar-refractivity contribution is 0.0283. The fraction of sp³-hybridized carbons (Fsp3) is 0.812. The van der Waals surface area contributed by atoms with E-state index in [0.29, 0.717) is 5.92 Å². The summed E-state index contributed by atoms with van der Waals surface area (Å²) in [5, 5.41) is 10.2. The summed E-state index contributed by atoms with van der Waals surface area (Å²) in [4.78, 5) is 6.67. The third-order valence-electron chi connectivity index (χ3n) is 4.63. The molecular weight excluding hydrogens is 250 g/mol. The summed E-state index contributed by atoms with van der Waals surface area (Å²) >= 11 is 0. The van der Waals surface area contributed by atoms with Crippen molar-refractivity contribution in [3.63, 3.8) is 0 Å². The van der Waals surface area contributed by atoms with E-state index in [1.165, 1.54) is 25.7 Å². The van der Waals surface area contributed by atoms with Crippen molar-refractivity contribution >= 4 is 0 Å². The first-order valence-electron chi connectivity index (χ1n) is 7.93. The first-order chi connectivity index (χ1) is 9.60. The topological polar surface area (TPSA) is 41.3 Å². The number of aryl methyl sites for hydroxylation is 1. The zero-order chi connectivity index (χ0) is 14.5. The van der Waals surface area contributed by atoms with Gasteiger partial charge in [0.1, 0.15) is 5.82 Å². The molecule has 4 heteroatoms. The number of imidazole rings is 1. The van der Waals surface area contributed by atoms with Crippen molar-refractivity contribution in [2.45, 2.75) is 51.7 Å². The molecule has 1 aromatic heterocycles. The van der Waals surface area contributed by atoms with E-state index in [0.717, 1.165) is 31.3 Å². The third kappa shape index (κ3) is 4.06. The van der Waals surface area contributed by atoms with Crippen molar-refractivity contribution < 1.29 is 5.11 Å². The summed E-state index contributed by atoms with van der Waals surface area (Å²) in [7, 11) is 4.16. The second kappa shape index (κ2) is 7.23. The van der Waals surface area contributed by atoms with Gasteiger partial charge in [0.15, 0.2) is 0 Å². The molecule has 4 nitrogen and oxygen atoms in total. The van der Waals surface area contributed by atoms with Crippen LogP contribution >= 0.6 is 0 Å².